The number of hydrogen-bond donors (Lipinski definition) is 1. The minimum absolute atomic E-state index is 0.111. The van der Waals surface area contributed by atoms with E-state index in [2.05, 4.69) is 9.97 Å². The van der Waals surface area contributed by atoms with E-state index in [-0.39, 0.29) is 22.6 Å². The summed E-state index contributed by atoms with van der Waals surface area (Å²) in [6, 6.07) is 0. The Hall–Kier alpha value is -1.17. The summed E-state index contributed by atoms with van der Waals surface area (Å²) < 4.78 is 22.2. The van der Waals surface area contributed by atoms with Crippen LogP contribution in [0, 0.1) is 5.92 Å². The molecule has 0 saturated heterocycles. The molecule has 0 aromatic carbocycles. The van der Waals surface area contributed by atoms with Gasteiger partial charge in [-0.15, -0.1) is 0 Å². The van der Waals surface area contributed by atoms with Crippen molar-refractivity contribution in [1.29, 1.82) is 0 Å². The Bertz CT molecular complexity index is 461. The molecule has 0 amide bonds. The lowest BCUT2D eigenvalue weighted by Crippen LogP contribution is -2.11. The maximum absolute atomic E-state index is 11.6. The molecule has 1 rings (SSSR count). The molecule has 0 aliphatic carbocycles. The summed E-state index contributed by atoms with van der Waals surface area (Å²) in [5, 5.41) is -0.158. The monoisotopic (exact) mass is 230 g/mol. The van der Waals surface area contributed by atoms with Crippen LogP contribution < -0.4 is 0 Å². The van der Waals surface area contributed by atoms with E-state index in [1.807, 2.05) is 6.92 Å². The highest BCUT2D eigenvalue weighted by Gasteiger charge is 2.18. The fourth-order valence-electron chi connectivity index (χ4n) is 1.07. The standard InChI is InChI=1S/C9H14N2O3S/c1-4-6(2)8(12)7-5-10-9(11-7)15(3,13)14/h5-6H,4H2,1-3H3,(H,10,11). The largest absolute Gasteiger partial charge is 0.326 e. The molecule has 0 spiro atoms. The Morgan fingerprint density at radius 1 is 1.60 bits per heavy atom. The number of H-pyrrole nitrogens is 1. The van der Waals surface area contributed by atoms with Gasteiger partial charge in [-0.25, -0.2) is 13.4 Å². The number of aromatic nitrogens is 2. The molecule has 5 nitrogen and oxygen atoms in total. The van der Waals surface area contributed by atoms with Gasteiger partial charge in [0.2, 0.25) is 15.0 Å². The maximum atomic E-state index is 11.6. The normalized spacial score (nSPS) is 13.8. The average Bonchev–Trinajstić information content (AvgIpc) is 2.63. The molecule has 0 fully saturated rings. The minimum atomic E-state index is -3.37. The van der Waals surface area contributed by atoms with Crippen molar-refractivity contribution in [2.24, 2.45) is 5.92 Å². The van der Waals surface area contributed by atoms with Crippen molar-refractivity contribution in [3.05, 3.63) is 11.9 Å². The van der Waals surface area contributed by atoms with Gasteiger partial charge in [-0.3, -0.25) is 4.79 Å². The molecule has 84 valence electrons. The molecule has 1 aromatic rings. The Balaban J connectivity index is 3.00. The highest BCUT2D eigenvalue weighted by molar-refractivity contribution is 7.90. The second kappa shape index (κ2) is 4.14. The first-order chi connectivity index (χ1) is 6.86. The van der Waals surface area contributed by atoms with Crippen LogP contribution in [0.15, 0.2) is 11.4 Å². The van der Waals surface area contributed by atoms with Crippen LogP contribution in [0.1, 0.15) is 30.8 Å². The Morgan fingerprint density at radius 2 is 2.20 bits per heavy atom. The van der Waals surface area contributed by atoms with Crippen LogP contribution in [0.4, 0.5) is 0 Å². The van der Waals surface area contributed by atoms with E-state index in [1.165, 1.54) is 6.20 Å². The van der Waals surface area contributed by atoms with E-state index in [0.717, 1.165) is 6.26 Å². The molecule has 0 aliphatic heterocycles. The zero-order valence-electron chi connectivity index (χ0n) is 8.94. The highest BCUT2D eigenvalue weighted by atomic mass is 32.2. The lowest BCUT2D eigenvalue weighted by molar-refractivity contribution is 0.0922. The van der Waals surface area contributed by atoms with E-state index < -0.39 is 9.84 Å². The van der Waals surface area contributed by atoms with Crippen LogP contribution in [0.3, 0.4) is 0 Å². The number of imidazole rings is 1. The van der Waals surface area contributed by atoms with Crippen molar-refractivity contribution < 1.29 is 13.2 Å². The first kappa shape index (κ1) is 11.9. The van der Waals surface area contributed by atoms with E-state index in [0.29, 0.717) is 6.42 Å². The molecule has 1 N–H and O–H groups in total. The predicted molar refractivity (Wildman–Crippen MR) is 55.5 cm³/mol. The van der Waals surface area contributed by atoms with Gasteiger partial charge < -0.3 is 4.98 Å². The Labute approximate surface area is 88.8 Å². The minimum Gasteiger partial charge on any atom is -0.326 e. The summed E-state index contributed by atoms with van der Waals surface area (Å²) in [6.07, 6.45) is 3.03. The number of carbonyl (C=O) groups is 1. The Morgan fingerprint density at radius 3 is 2.60 bits per heavy atom. The van der Waals surface area contributed by atoms with Gasteiger partial charge >= 0.3 is 0 Å². The fourth-order valence-corrected chi connectivity index (χ4v) is 1.61. The first-order valence-electron chi connectivity index (χ1n) is 4.65. The van der Waals surface area contributed by atoms with Crippen LogP contribution in [0.5, 0.6) is 0 Å². The van der Waals surface area contributed by atoms with Gasteiger partial charge in [0.25, 0.3) is 0 Å². The van der Waals surface area contributed by atoms with E-state index in [4.69, 9.17) is 0 Å². The molecular weight excluding hydrogens is 216 g/mol. The summed E-state index contributed by atoms with van der Waals surface area (Å²) in [4.78, 5) is 17.8. The highest BCUT2D eigenvalue weighted by Crippen LogP contribution is 2.11. The van der Waals surface area contributed by atoms with Gasteiger partial charge in [-0.05, 0) is 6.42 Å². The number of sulfone groups is 1. The number of ketones is 1. The van der Waals surface area contributed by atoms with Crippen molar-refractivity contribution >= 4 is 15.6 Å². The molecule has 1 unspecified atom stereocenters. The molecule has 0 aliphatic rings. The molecule has 1 aromatic heterocycles. The molecule has 6 heteroatoms. The molecular formula is C9H14N2O3S. The number of Topliss-reactive ketones (excluding diaryl/α,β-unsaturated/α-hetero) is 1. The fraction of sp³-hybridized carbons (Fsp3) is 0.556. The lowest BCUT2D eigenvalue weighted by atomic mass is 10.0. The topological polar surface area (TPSA) is 79.9 Å². The Kier molecular flexibility index (Phi) is 3.28. The third-order valence-electron chi connectivity index (χ3n) is 2.23. The number of nitrogens with one attached hydrogen (secondary N) is 1. The summed E-state index contributed by atoms with van der Waals surface area (Å²) in [5.41, 5.74) is 0.254. The number of carbonyl (C=O) groups excluding carboxylic acids is 1. The van der Waals surface area contributed by atoms with Gasteiger partial charge in [0.15, 0.2) is 5.78 Å². The zero-order valence-corrected chi connectivity index (χ0v) is 9.76. The first-order valence-corrected chi connectivity index (χ1v) is 6.54. The molecule has 1 atom stereocenters. The zero-order chi connectivity index (χ0) is 11.6. The molecule has 15 heavy (non-hydrogen) atoms. The van der Waals surface area contributed by atoms with Crippen LogP contribution in [-0.4, -0.2) is 30.4 Å². The summed E-state index contributed by atoms with van der Waals surface area (Å²) in [6.45, 7) is 3.69. The second-order valence-corrected chi connectivity index (χ2v) is 5.48. The molecule has 0 radical (unpaired) electrons. The van der Waals surface area contributed by atoms with Crippen LogP contribution >= 0.6 is 0 Å². The number of aromatic amines is 1. The SMILES string of the molecule is CCC(C)C(=O)c1cnc(S(C)(=O)=O)[nH]1. The van der Waals surface area contributed by atoms with Gasteiger partial charge in [0.1, 0.15) is 5.69 Å². The van der Waals surface area contributed by atoms with Gasteiger partial charge in [0, 0.05) is 12.2 Å². The van der Waals surface area contributed by atoms with E-state index >= 15 is 0 Å². The maximum Gasteiger partial charge on any atom is 0.225 e. The third kappa shape index (κ3) is 2.65. The van der Waals surface area contributed by atoms with Crippen molar-refractivity contribution in [1.82, 2.24) is 9.97 Å². The molecule has 1 heterocycles. The van der Waals surface area contributed by atoms with Crippen molar-refractivity contribution in [3.8, 4) is 0 Å². The molecule has 0 saturated carbocycles. The number of nitrogens with zero attached hydrogens (tertiary/aromatic N) is 1. The van der Waals surface area contributed by atoms with E-state index in [1.54, 1.807) is 6.92 Å². The predicted octanol–water partition coefficient (Wildman–Crippen LogP) is 1.04. The van der Waals surface area contributed by atoms with Crippen molar-refractivity contribution in [3.63, 3.8) is 0 Å². The van der Waals surface area contributed by atoms with Gasteiger partial charge in [0.05, 0.1) is 6.20 Å². The van der Waals surface area contributed by atoms with Gasteiger partial charge in [-0.1, -0.05) is 13.8 Å². The number of hydrogen-bond acceptors (Lipinski definition) is 4. The summed E-state index contributed by atoms with van der Waals surface area (Å²) in [5.74, 6) is -0.238. The summed E-state index contributed by atoms with van der Waals surface area (Å²) >= 11 is 0. The van der Waals surface area contributed by atoms with Gasteiger partial charge in [-0.2, -0.15) is 0 Å². The second-order valence-electron chi connectivity index (χ2n) is 3.55. The average molecular weight is 230 g/mol. The van der Waals surface area contributed by atoms with Crippen LogP contribution in [-0.2, 0) is 9.84 Å². The van der Waals surface area contributed by atoms with Crippen LogP contribution in [0.25, 0.3) is 0 Å². The third-order valence-corrected chi connectivity index (χ3v) is 3.14. The van der Waals surface area contributed by atoms with E-state index in [9.17, 15) is 13.2 Å². The smallest absolute Gasteiger partial charge is 0.225 e. The quantitative estimate of drug-likeness (QED) is 0.784. The summed E-state index contributed by atoms with van der Waals surface area (Å²) in [7, 11) is -3.37. The van der Waals surface area contributed by atoms with Crippen molar-refractivity contribution in [2.45, 2.75) is 25.4 Å². The van der Waals surface area contributed by atoms with Crippen LogP contribution in [0.2, 0.25) is 0 Å². The lowest BCUT2D eigenvalue weighted by Gasteiger charge is -2.03. The number of rotatable bonds is 4. The molecule has 0 bridgehead atoms. The van der Waals surface area contributed by atoms with Crippen molar-refractivity contribution in [2.75, 3.05) is 6.26 Å².